The second-order valence-corrected chi connectivity index (χ2v) is 6.53. The summed E-state index contributed by atoms with van der Waals surface area (Å²) in [5.41, 5.74) is 1.26. The van der Waals surface area contributed by atoms with E-state index in [-0.39, 0.29) is 42.7 Å². The maximum absolute atomic E-state index is 12.4. The zero-order valence-corrected chi connectivity index (χ0v) is 16.3. The van der Waals surface area contributed by atoms with Crippen molar-refractivity contribution in [3.63, 3.8) is 0 Å². The third-order valence-electron chi connectivity index (χ3n) is 5.07. The molecule has 1 aromatic carbocycles. The molecule has 1 amide bonds. The van der Waals surface area contributed by atoms with Crippen LogP contribution in [0.2, 0.25) is 0 Å². The maximum Gasteiger partial charge on any atom is 0.223 e. The molecule has 25 heavy (non-hydrogen) atoms. The molecule has 2 aliphatic heterocycles. The van der Waals surface area contributed by atoms with E-state index in [9.17, 15) is 4.79 Å². The number of carbonyl (C=O) groups excluding carboxylic acids is 1. The normalized spacial score (nSPS) is 20.4. The van der Waals surface area contributed by atoms with E-state index in [1.54, 1.807) is 0 Å². The Balaban J connectivity index is 0.00000156. The lowest BCUT2D eigenvalue weighted by molar-refractivity contribution is -0.127. The lowest BCUT2D eigenvalue weighted by atomic mass is 9.88. The third-order valence-corrected chi connectivity index (χ3v) is 5.07. The first-order chi connectivity index (χ1) is 11.3. The number of hydrogen-bond donors (Lipinski definition) is 2. The number of morpholine rings is 1. The zero-order valence-electron chi connectivity index (χ0n) is 14.6. The van der Waals surface area contributed by atoms with Crippen molar-refractivity contribution in [3.05, 3.63) is 35.9 Å². The summed E-state index contributed by atoms with van der Waals surface area (Å²) in [6.07, 6.45) is 0. The Morgan fingerprint density at radius 3 is 2.44 bits per heavy atom. The highest BCUT2D eigenvalue weighted by atomic mass is 35.5. The van der Waals surface area contributed by atoms with Crippen LogP contribution in [-0.4, -0.2) is 56.7 Å². The van der Waals surface area contributed by atoms with Crippen LogP contribution in [0.15, 0.2) is 30.3 Å². The lowest BCUT2D eigenvalue weighted by Gasteiger charge is -2.36. The van der Waals surface area contributed by atoms with E-state index >= 15 is 0 Å². The summed E-state index contributed by atoms with van der Waals surface area (Å²) in [7, 11) is 0. The standard InChI is InChI=1S/C18H27N3O2.2ClH/c1-14(16-11-19-12-16)18(22)20-13-17(15-5-3-2-4-6-15)21-7-9-23-10-8-21;;/h2-6,14,16-17,19H,7-13H2,1H3,(H,20,22);2*1H. The molecule has 0 aromatic heterocycles. The van der Waals surface area contributed by atoms with Crippen LogP contribution in [0.4, 0.5) is 0 Å². The number of ether oxygens (including phenoxy) is 1. The fourth-order valence-corrected chi connectivity index (χ4v) is 3.26. The van der Waals surface area contributed by atoms with E-state index in [2.05, 4.69) is 39.8 Å². The summed E-state index contributed by atoms with van der Waals surface area (Å²) in [4.78, 5) is 14.8. The number of nitrogens with one attached hydrogen (secondary N) is 2. The summed E-state index contributed by atoms with van der Waals surface area (Å²) < 4.78 is 5.47. The minimum atomic E-state index is 0. The van der Waals surface area contributed by atoms with E-state index in [1.807, 2.05) is 13.0 Å². The Labute approximate surface area is 162 Å². The van der Waals surface area contributed by atoms with E-state index in [0.29, 0.717) is 12.5 Å². The largest absolute Gasteiger partial charge is 0.379 e. The fraction of sp³-hybridized carbons (Fsp3) is 0.611. The van der Waals surface area contributed by atoms with Gasteiger partial charge in [-0.1, -0.05) is 37.3 Å². The number of halogens is 2. The first kappa shape index (κ1) is 22.2. The van der Waals surface area contributed by atoms with Crippen molar-refractivity contribution in [1.29, 1.82) is 0 Å². The molecule has 2 aliphatic rings. The lowest BCUT2D eigenvalue weighted by Crippen LogP contribution is -2.51. The van der Waals surface area contributed by atoms with Gasteiger partial charge in [-0.3, -0.25) is 9.69 Å². The number of rotatable bonds is 6. The number of carbonyl (C=O) groups is 1. The molecule has 2 N–H and O–H groups in total. The summed E-state index contributed by atoms with van der Waals surface area (Å²) in [5.74, 6) is 0.733. The first-order valence-corrected chi connectivity index (χ1v) is 8.61. The number of benzene rings is 1. The Bertz CT molecular complexity index is 508. The van der Waals surface area contributed by atoms with Crippen molar-refractivity contribution in [3.8, 4) is 0 Å². The SMILES string of the molecule is CC(C(=O)NCC(c1ccccc1)N1CCOCC1)C1CNC1.Cl.Cl. The summed E-state index contributed by atoms with van der Waals surface area (Å²) in [6.45, 7) is 7.97. The summed E-state index contributed by atoms with van der Waals surface area (Å²) in [5, 5.41) is 6.42. The Hall–Kier alpha value is -0.850. The minimum Gasteiger partial charge on any atom is -0.379 e. The van der Waals surface area contributed by atoms with Gasteiger partial charge >= 0.3 is 0 Å². The van der Waals surface area contributed by atoms with E-state index in [0.717, 1.165) is 39.4 Å². The molecule has 0 aliphatic carbocycles. The Morgan fingerprint density at radius 1 is 1.24 bits per heavy atom. The molecule has 7 heteroatoms. The van der Waals surface area contributed by atoms with Gasteiger partial charge in [-0.05, 0) is 24.6 Å². The highest BCUT2D eigenvalue weighted by Crippen LogP contribution is 2.22. The van der Waals surface area contributed by atoms with Crippen LogP contribution in [0.25, 0.3) is 0 Å². The molecule has 0 bridgehead atoms. The van der Waals surface area contributed by atoms with E-state index in [4.69, 9.17) is 4.74 Å². The summed E-state index contributed by atoms with van der Waals surface area (Å²) in [6, 6.07) is 10.7. The van der Waals surface area contributed by atoms with Gasteiger partial charge in [-0.2, -0.15) is 0 Å². The van der Waals surface area contributed by atoms with Crippen molar-refractivity contribution in [1.82, 2.24) is 15.5 Å². The van der Waals surface area contributed by atoms with Gasteiger partial charge < -0.3 is 15.4 Å². The van der Waals surface area contributed by atoms with Crippen molar-refractivity contribution < 1.29 is 9.53 Å². The van der Waals surface area contributed by atoms with Crippen LogP contribution in [-0.2, 0) is 9.53 Å². The van der Waals surface area contributed by atoms with Gasteiger partial charge in [0.1, 0.15) is 0 Å². The number of nitrogens with zero attached hydrogens (tertiary/aromatic N) is 1. The van der Waals surface area contributed by atoms with Gasteiger partial charge in [0.05, 0.1) is 19.3 Å². The van der Waals surface area contributed by atoms with Crippen molar-refractivity contribution in [2.45, 2.75) is 13.0 Å². The molecule has 0 radical (unpaired) electrons. The predicted molar refractivity (Wildman–Crippen MR) is 105 cm³/mol. The monoisotopic (exact) mass is 389 g/mol. The second kappa shape index (κ2) is 11.0. The van der Waals surface area contributed by atoms with E-state index in [1.165, 1.54) is 5.56 Å². The molecule has 2 fully saturated rings. The van der Waals surface area contributed by atoms with Crippen LogP contribution in [0.5, 0.6) is 0 Å². The Kier molecular flexibility index (Phi) is 9.75. The molecular weight excluding hydrogens is 361 g/mol. The smallest absolute Gasteiger partial charge is 0.223 e. The average molecular weight is 390 g/mol. The fourth-order valence-electron chi connectivity index (χ4n) is 3.26. The molecule has 2 unspecified atom stereocenters. The highest BCUT2D eigenvalue weighted by molar-refractivity contribution is 5.85. The summed E-state index contributed by atoms with van der Waals surface area (Å²) >= 11 is 0. The van der Waals surface area contributed by atoms with Crippen LogP contribution < -0.4 is 10.6 Å². The molecule has 0 saturated carbocycles. The third kappa shape index (κ3) is 5.83. The average Bonchev–Trinajstić information content (AvgIpc) is 2.55. The molecule has 0 spiro atoms. The molecule has 142 valence electrons. The zero-order chi connectivity index (χ0) is 16.1. The molecule has 2 atom stereocenters. The van der Waals surface area contributed by atoms with Gasteiger partial charge in [0.15, 0.2) is 0 Å². The quantitative estimate of drug-likeness (QED) is 0.779. The van der Waals surface area contributed by atoms with Crippen molar-refractivity contribution >= 4 is 30.7 Å². The van der Waals surface area contributed by atoms with Gasteiger partial charge in [-0.15, -0.1) is 24.8 Å². The second-order valence-electron chi connectivity index (χ2n) is 6.53. The van der Waals surface area contributed by atoms with Crippen LogP contribution >= 0.6 is 24.8 Å². The van der Waals surface area contributed by atoms with Crippen molar-refractivity contribution in [2.75, 3.05) is 45.9 Å². The number of amides is 1. The molecule has 3 rings (SSSR count). The molecule has 1 aromatic rings. The van der Waals surface area contributed by atoms with Gasteiger partial charge in [-0.25, -0.2) is 0 Å². The highest BCUT2D eigenvalue weighted by Gasteiger charge is 2.30. The first-order valence-electron chi connectivity index (χ1n) is 8.61. The van der Waals surface area contributed by atoms with E-state index < -0.39 is 0 Å². The van der Waals surface area contributed by atoms with Gasteiger partial charge in [0.25, 0.3) is 0 Å². The molecule has 2 saturated heterocycles. The van der Waals surface area contributed by atoms with Gasteiger partial charge in [0, 0.05) is 25.6 Å². The molecule has 2 heterocycles. The van der Waals surface area contributed by atoms with Gasteiger partial charge in [0.2, 0.25) is 5.91 Å². The molecule has 5 nitrogen and oxygen atoms in total. The topological polar surface area (TPSA) is 53.6 Å². The van der Waals surface area contributed by atoms with Crippen LogP contribution in [0.3, 0.4) is 0 Å². The van der Waals surface area contributed by atoms with Crippen LogP contribution in [0.1, 0.15) is 18.5 Å². The molecular formula is C18H29Cl2N3O2. The predicted octanol–water partition coefficient (Wildman–Crippen LogP) is 1.88. The minimum absolute atomic E-state index is 0. The Morgan fingerprint density at radius 2 is 1.88 bits per heavy atom. The van der Waals surface area contributed by atoms with Crippen LogP contribution in [0, 0.1) is 11.8 Å². The number of hydrogen-bond acceptors (Lipinski definition) is 4. The maximum atomic E-state index is 12.4. The van der Waals surface area contributed by atoms with Crippen molar-refractivity contribution in [2.24, 2.45) is 11.8 Å².